The first-order chi connectivity index (χ1) is 10.9. The van der Waals surface area contributed by atoms with Crippen LogP contribution in [0.5, 0.6) is 0 Å². The Labute approximate surface area is 126 Å². The molecule has 104 valence electrons. The molecule has 3 nitrogen and oxygen atoms in total. The van der Waals surface area contributed by atoms with Gasteiger partial charge in [0, 0.05) is 21.7 Å². The smallest absolute Gasteiger partial charge is 0.136 e. The average molecular weight is 284 g/mol. The van der Waals surface area contributed by atoms with E-state index in [0.717, 1.165) is 44.1 Å². The van der Waals surface area contributed by atoms with Gasteiger partial charge in [0.2, 0.25) is 0 Å². The van der Waals surface area contributed by atoms with E-state index >= 15 is 0 Å². The number of para-hydroxylation sites is 2. The second-order valence-electron chi connectivity index (χ2n) is 5.43. The maximum absolute atomic E-state index is 5.97. The highest BCUT2D eigenvalue weighted by Gasteiger charge is 2.11. The Balaban J connectivity index is 1.80. The van der Waals surface area contributed by atoms with Gasteiger partial charge >= 0.3 is 0 Å². The lowest BCUT2D eigenvalue weighted by Gasteiger charge is -1.98. The van der Waals surface area contributed by atoms with E-state index in [-0.39, 0.29) is 0 Å². The molecule has 5 aromatic rings. The number of aromatic amines is 1. The number of rotatable bonds is 1. The van der Waals surface area contributed by atoms with Gasteiger partial charge in [0.05, 0.1) is 5.52 Å². The molecule has 0 saturated heterocycles. The third-order valence-electron chi connectivity index (χ3n) is 4.12. The SMILES string of the molecule is c1ccc2c(-c3ccc4c(c3)oc3ccccc34)n[nH]c2c1. The standard InChI is InChI=1S/C19H12N2O/c1-3-7-16-15(6-1)19(21-20-16)12-9-10-14-13-5-2-4-8-17(13)22-18(14)11-12/h1-11H,(H,20,21). The maximum Gasteiger partial charge on any atom is 0.136 e. The van der Waals surface area contributed by atoms with Crippen LogP contribution in [0, 0.1) is 0 Å². The molecule has 0 aliphatic rings. The summed E-state index contributed by atoms with van der Waals surface area (Å²) in [5, 5.41) is 11.0. The zero-order valence-corrected chi connectivity index (χ0v) is 11.7. The molecule has 0 saturated carbocycles. The van der Waals surface area contributed by atoms with E-state index in [1.54, 1.807) is 0 Å². The fourth-order valence-electron chi connectivity index (χ4n) is 3.06. The van der Waals surface area contributed by atoms with Crippen LogP contribution in [-0.2, 0) is 0 Å². The molecule has 0 aliphatic heterocycles. The van der Waals surface area contributed by atoms with Crippen molar-refractivity contribution in [3.8, 4) is 11.3 Å². The molecule has 0 spiro atoms. The van der Waals surface area contributed by atoms with Crippen molar-refractivity contribution in [1.29, 1.82) is 0 Å². The number of aromatic nitrogens is 2. The molecule has 0 fully saturated rings. The summed E-state index contributed by atoms with van der Waals surface area (Å²) < 4.78 is 5.97. The highest BCUT2D eigenvalue weighted by Crippen LogP contribution is 2.33. The Morgan fingerprint density at radius 3 is 2.45 bits per heavy atom. The van der Waals surface area contributed by atoms with Gasteiger partial charge in [-0.05, 0) is 24.3 Å². The Morgan fingerprint density at radius 2 is 1.50 bits per heavy atom. The first-order valence-electron chi connectivity index (χ1n) is 7.25. The zero-order valence-electron chi connectivity index (χ0n) is 11.7. The minimum Gasteiger partial charge on any atom is -0.456 e. The summed E-state index contributed by atoms with van der Waals surface area (Å²) in [5.74, 6) is 0. The predicted octanol–water partition coefficient (Wildman–Crippen LogP) is 5.13. The molecule has 1 N–H and O–H groups in total. The van der Waals surface area contributed by atoms with Gasteiger partial charge in [-0.1, -0.05) is 42.5 Å². The first-order valence-corrected chi connectivity index (χ1v) is 7.25. The molecule has 3 heteroatoms. The van der Waals surface area contributed by atoms with Crippen LogP contribution in [-0.4, -0.2) is 10.2 Å². The van der Waals surface area contributed by atoms with Crippen molar-refractivity contribution in [1.82, 2.24) is 10.2 Å². The van der Waals surface area contributed by atoms with E-state index in [1.165, 1.54) is 0 Å². The van der Waals surface area contributed by atoms with Gasteiger partial charge < -0.3 is 4.42 Å². The molecule has 2 heterocycles. The Bertz CT molecular complexity index is 1130. The van der Waals surface area contributed by atoms with Gasteiger partial charge in [0.25, 0.3) is 0 Å². The lowest BCUT2D eigenvalue weighted by molar-refractivity contribution is 0.669. The van der Waals surface area contributed by atoms with Gasteiger partial charge in [-0.3, -0.25) is 5.10 Å². The van der Waals surface area contributed by atoms with E-state index in [0.29, 0.717) is 0 Å². The lowest BCUT2D eigenvalue weighted by atomic mass is 10.1. The Kier molecular flexibility index (Phi) is 2.22. The van der Waals surface area contributed by atoms with Crippen molar-refractivity contribution in [3.63, 3.8) is 0 Å². The van der Waals surface area contributed by atoms with E-state index in [1.807, 2.05) is 36.4 Å². The third kappa shape index (κ3) is 1.53. The normalized spacial score (nSPS) is 11.6. The number of H-pyrrole nitrogens is 1. The third-order valence-corrected chi connectivity index (χ3v) is 4.12. The summed E-state index contributed by atoms with van der Waals surface area (Å²) in [5.41, 5.74) is 4.87. The van der Waals surface area contributed by atoms with Gasteiger partial charge in [-0.15, -0.1) is 0 Å². The van der Waals surface area contributed by atoms with Crippen LogP contribution in [0.15, 0.2) is 71.1 Å². The van der Waals surface area contributed by atoms with Gasteiger partial charge in [-0.25, -0.2) is 0 Å². The topological polar surface area (TPSA) is 41.8 Å². The van der Waals surface area contributed by atoms with E-state index < -0.39 is 0 Å². The van der Waals surface area contributed by atoms with Crippen LogP contribution in [0.25, 0.3) is 44.1 Å². The minimum atomic E-state index is 0.894. The highest BCUT2D eigenvalue weighted by atomic mass is 16.3. The van der Waals surface area contributed by atoms with Gasteiger partial charge in [0.15, 0.2) is 0 Å². The molecule has 0 radical (unpaired) electrons. The molecule has 2 aromatic heterocycles. The number of benzene rings is 3. The largest absolute Gasteiger partial charge is 0.456 e. The number of nitrogens with one attached hydrogen (secondary N) is 1. The summed E-state index contributed by atoms with van der Waals surface area (Å²) in [6.07, 6.45) is 0. The highest BCUT2D eigenvalue weighted by molar-refractivity contribution is 6.06. The number of nitrogens with zero attached hydrogens (tertiary/aromatic N) is 1. The molecule has 0 unspecified atom stereocenters. The fourth-order valence-corrected chi connectivity index (χ4v) is 3.06. The Hall–Kier alpha value is -3.07. The van der Waals surface area contributed by atoms with Crippen molar-refractivity contribution in [2.24, 2.45) is 0 Å². The summed E-state index contributed by atoms with van der Waals surface area (Å²) in [4.78, 5) is 0. The molecule has 22 heavy (non-hydrogen) atoms. The molecule has 0 aliphatic carbocycles. The molecule has 0 bridgehead atoms. The zero-order chi connectivity index (χ0) is 14.5. The van der Waals surface area contributed by atoms with Crippen molar-refractivity contribution in [2.45, 2.75) is 0 Å². The number of hydrogen-bond donors (Lipinski definition) is 1. The van der Waals surface area contributed by atoms with Crippen molar-refractivity contribution < 1.29 is 4.42 Å². The van der Waals surface area contributed by atoms with Crippen LogP contribution < -0.4 is 0 Å². The van der Waals surface area contributed by atoms with Gasteiger partial charge in [-0.2, -0.15) is 5.10 Å². The van der Waals surface area contributed by atoms with Crippen LogP contribution in [0.3, 0.4) is 0 Å². The first kappa shape index (κ1) is 11.6. The van der Waals surface area contributed by atoms with Crippen LogP contribution in [0.1, 0.15) is 0 Å². The van der Waals surface area contributed by atoms with Crippen LogP contribution in [0.4, 0.5) is 0 Å². The molecule has 0 atom stereocenters. The Morgan fingerprint density at radius 1 is 0.727 bits per heavy atom. The number of fused-ring (bicyclic) bond motifs is 4. The maximum atomic E-state index is 5.97. The van der Waals surface area contributed by atoms with E-state index in [4.69, 9.17) is 4.42 Å². The van der Waals surface area contributed by atoms with Crippen LogP contribution >= 0.6 is 0 Å². The monoisotopic (exact) mass is 284 g/mol. The number of furan rings is 1. The summed E-state index contributed by atoms with van der Waals surface area (Å²) in [7, 11) is 0. The van der Waals surface area contributed by atoms with Crippen molar-refractivity contribution >= 4 is 32.8 Å². The molecular weight excluding hydrogens is 272 g/mol. The quantitative estimate of drug-likeness (QED) is 0.463. The van der Waals surface area contributed by atoms with Crippen LogP contribution in [0.2, 0.25) is 0 Å². The fraction of sp³-hybridized carbons (Fsp3) is 0. The molecule has 0 amide bonds. The molecule has 5 rings (SSSR count). The molecule has 3 aromatic carbocycles. The lowest BCUT2D eigenvalue weighted by Crippen LogP contribution is -1.78. The van der Waals surface area contributed by atoms with Gasteiger partial charge in [0.1, 0.15) is 16.9 Å². The summed E-state index contributed by atoms with van der Waals surface area (Å²) in [6, 6.07) is 22.5. The minimum absolute atomic E-state index is 0.894. The number of hydrogen-bond acceptors (Lipinski definition) is 2. The average Bonchev–Trinajstić information content (AvgIpc) is 3.15. The summed E-state index contributed by atoms with van der Waals surface area (Å²) >= 11 is 0. The van der Waals surface area contributed by atoms with E-state index in [9.17, 15) is 0 Å². The predicted molar refractivity (Wildman–Crippen MR) is 88.8 cm³/mol. The summed E-state index contributed by atoms with van der Waals surface area (Å²) in [6.45, 7) is 0. The van der Waals surface area contributed by atoms with E-state index in [2.05, 4.69) is 40.5 Å². The van der Waals surface area contributed by atoms with Crippen molar-refractivity contribution in [2.75, 3.05) is 0 Å². The second-order valence-corrected chi connectivity index (χ2v) is 5.43. The second kappa shape index (κ2) is 4.21. The van der Waals surface area contributed by atoms with Crippen molar-refractivity contribution in [3.05, 3.63) is 66.7 Å². The molecular formula is C19H12N2O.